The van der Waals surface area contributed by atoms with Gasteiger partial charge in [0.15, 0.2) is 14.4 Å². The first-order valence-electron chi connectivity index (χ1n) is 9.31. The topological polar surface area (TPSA) is 49.9 Å². The van der Waals surface area contributed by atoms with Gasteiger partial charge >= 0.3 is 6.03 Å². The minimum atomic E-state index is -1.92. The molecule has 0 bridgehead atoms. The molecular weight excluding hydrogens is 352 g/mol. The van der Waals surface area contributed by atoms with Gasteiger partial charge in [0.1, 0.15) is 6.04 Å². The SMILES string of the molecule is CCN(CC)C(=O)N1C(=O)[C@H](O[Si](CC)(CC)CC)[C@@H]1c1cccs1. The molecule has 0 unspecified atom stereocenters. The van der Waals surface area contributed by atoms with Crippen molar-refractivity contribution in [1.82, 2.24) is 9.80 Å². The second-order valence-corrected chi connectivity index (χ2v) is 12.1. The molecule has 0 aliphatic carbocycles. The average molecular weight is 383 g/mol. The number of urea groups is 1. The molecule has 2 atom stereocenters. The quantitative estimate of drug-likeness (QED) is 0.492. The highest BCUT2D eigenvalue weighted by Crippen LogP contribution is 2.42. The lowest BCUT2D eigenvalue weighted by atomic mass is 9.97. The Morgan fingerprint density at radius 3 is 2.24 bits per heavy atom. The molecule has 7 heteroatoms. The van der Waals surface area contributed by atoms with Crippen molar-refractivity contribution in [1.29, 1.82) is 0 Å². The zero-order valence-corrected chi connectivity index (χ0v) is 17.8. The van der Waals surface area contributed by atoms with E-state index >= 15 is 0 Å². The normalized spacial score (nSPS) is 20.5. The molecular formula is C18H30N2O3SSi. The summed E-state index contributed by atoms with van der Waals surface area (Å²) in [4.78, 5) is 29.8. The predicted molar refractivity (Wildman–Crippen MR) is 104 cm³/mol. The van der Waals surface area contributed by atoms with Crippen molar-refractivity contribution in [2.45, 2.75) is 64.9 Å². The number of carbonyl (C=O) groups excluding carboxylic acids is 2. The lowest BCUT2D eigenvalue weighted by Crippen LogP contribution is -2.66. The van der Waals surface area contributed by atoms with Gasteiger partial charge in [-0.05, 0) is 43.4 Å². The van der Waals surface area contributed by atoms with Crippen molar-refractivity contribution < 1.29 is 14.0 Å². The van der Waals surface area contributed by atoms with E-state index in [1.807, 2.05) is 31.4 Å². The van der Waals surface area contributed by atoms with E-state index in [2.05, 4.69) is 20.8 Å². The van der Waals surface area contributed by atoms with Crippen molar-refractivity contribution in [3.63, 3.8) is 0 Å². The molecule has 1 aromatic heterocycles. The molecule has 0 spiro atoms. The third-order valence-electron chi connectivity index (χ3n) is 5.43. The molecule has 1 aliphatic rings. The molecule has 5 nitrogen and oxygen atoms in total. The molecule has 140 valence electrons. The standard InChI is InChI=1S/C18H30N2O3SSi/c1-6-19(7-2)18(22)20-15(14-12-11-13-24-14)16(17(20)21)23-25(8-3,9-4)10-5/h11-13,15-16H,6-10H2,1-5H3/t15-,16+/m0/s1. The maximum absolute atomic E-state index is 12.9. The highest BCUT2D eigenvalue weighted by Gasteiger charge is 2.55. The Labute approximate surface area is 156 Å². The van der Waals surface area contributed by atoms with Crippen molar-refractivity contribution >= 4 is 31.6 Å². The minimum absolute atomic E-state index is 0.178. The molecule has 0 saturated carbocycles. The van der Waals surface area contributed by atoms with Gasteiger partial charge in [0, 0.05) is 18.0 Å². The van der Waals surface area contributed by atoms with E-state index in [1.165, 1.54) is 4.90 Å². The molecule has 0 N–H and O–H groups in total. The molecule has 25 heavy (non-hydrogen) atoms. The lowest BCUT2D eigenvalue weighted by molar-refractivity contribution is -0.159. The van der Waals surface area contributed by atoms with Crippen LogP contribution in [0.3, 0.4) is 0 Å². The number of nitrogens with zero attached hydrogens (tertiary/aromatic N) is 2. The molecule has 1 aromatic rings. The Balaban J connectivity index is 2.30. The second kappa shape index (κ2) is 8.47. The Morgan fingerprint density at radius 2 is 1.80 bits per heavy atom. The summed E-state index contributed by atoms with van der Waals surface area (Å²) < 4.78 is 6.48. The highest BCUT2D eigenvalue weighted by molar-refractivity contribution is 7.10. The fourth-order valence-electron chi connectivity index (χ4n) is 3.44. The number of hydrogen-bond donors (Lipinski definition) is 0. The van der Waals surface area contributed by atoms with E-state index in [4.69, 9.17) is 4.43 Å². The summed E-state index contributed by atoms with van der Waals surface area (Å²) in [7, 11) is -1.92. The van der Waals surface area contributed by atoms with Crippen molar-refractivity contribution in [2.75, 3.05) is 13.1 Å². The number of amides is 3. The average Bonchev–Trinajstić information content (AvgIpc) is 3.15. The summed E-state index contributed by atoms with van der Waals surface area (Å²) >= 11 is 1.58. The van der Waals surface area contributed by atoms with Gasteiger partial charge in [-0.2, -0.15) is 0 Å². The zero-order chi connectivity index (χ0) is 18.6. The van der Waals surface area contributed by atoms with E-state index in [1.54, 1.807) is 16.2 Å². The van der Waals surface area contributed by atoms with E-state index < -0.39 is 14.4 Å². The van der Waals surface area contributed by atoms with E-state index in [0.29, 0.717) is 13.1 Å². The second-order valence-electron chi connectivity index (χ2n) is 6.41. The van der Waals surface area contributed by atoms with Crippen LogP contribution in [-0.2, 0) is 9.22 Å². The van der Waals surface area contributed by atoms with Gasteiger partial charge in [-0.25, -0.2) is 4.79 Å². The smallest absolute Gasteiger partial charge is 0.327 e. The van der Waals surface area contributed by atoms with E-state index in [0.717, 1.165) is 23.0 Å². The summed E-state index contributed by atoms with van der Waals surface area (Å²) in [6.07, 6.45) is -0.510. The van der Waals surface area contributed by atoms with Crippen LogP contribution in [0.5, 0.6) is 0 Å². The number of thiophene rings is 1. The highest BCUT2D eigenvalue weighted by atomic mass is 32.1. The molecule has 2 rings (SSSR count). The molecule has 1 fully saturated rings. The van der Waals surface area contributed by atoms with E-state index in [9.17, 15) is 9.59 Å². The number of rotatable bonds is 8. The number of imide groups is 1. The number of hydrogen-bond acceptors (Lipinski definition) is 4. The predicted octanol–water partition coefficient (Wildman–Crippen LogP) is 4.48. The van der Waals surface area contributed by atoms with Gasteiger partial charge in [0.2, 0.25) is 0 Å². The molecule has 2 heterocycles. The van der Waals surface area contributed by atoms with Crippen LogP contribution in [0.25, 0.3) is 0 Å². The van der Waals surface area contributed by atoms with Gasteiger partial charge in [-0.1, -0.05) is 26.8 Å². The number of carbonyl (C=O) groups is 2. The Morgan fingerprint density at radius 1 is 1.20 bits per heavy atom. The largest absolute Gasteiger partial charge is 0.403 e. The van der Waals surface area contributed by atoms with Crippen LogP contribution in [0, 0.1) is 0 Å². The first-order chi connectivity index (χ1) is 12.0. The van der Waals surface area contributed by atoms with Gasteiger partial charge in [-0.3, -0.25) is 9.69 Å². The molecule has 0 radical (unpaired) electrons. The molecule has 3 amide bonds. The van der Waals surface area contributed by atoms with Crippen LogP contribution in [0.15, 0.2) is 17.5 Å². The first-order valence-corrected chi connectivity index (χ1v) is 12.7. The Hall–Kier alpha value is -1.18. The molecule has 1 aliphatic heterocycles. The third-order valence-corrected chi connectivity index (χ3v) is 11.0. The fourth-order valence-corrected chi connectivity index (χ4v) is 7.05. The summed E-state index contributed by atoms with van der Waals surface area (Å²) in [5, 5.41) is 1.99. The summed E-state index contributed by atoms with van der Waals surface area (Å²) in [5.41, 5.74) is 0. The van der Waals surface area contributed by atoms with Crippen LogP contribution >= 0.6 is 11.3 Å². The van der Waals surface area contributed by atoms with Crippen molar-refractivity contribution in [3.8, 4) is 0 Å². The van der Waals surface area contributed by atoms with Crippen LogP contribution in [0.1, 0.15) is 45.5 Å². The van der Waals surface area contributed by atoms with Gasteiger partial charge in [0.25, 0.3) is 5.91 Å². The van der Waals surface area contributed by atoms with Crippen LogP contribution < -0.4 is 0 Å². The minimum Gasteiger partial charge on any atom is -0.403 e. The van der Waals surface area contributed by atoms with Crippen molar-refractivity contribution in [2.24, 2.45) is 0 Å². The Kier molecular flexibility index (Phi) is 6.82. The lowest BCUT2D eigenvalue weighted by Gasteiger charge is -2.49. The van der Waals surface area contributed by atoms with Gasteiger partial charge in [0.05, 0.1) is 0 Å². The molecule has 0 aromatic carbocycles. The molecule has 1 saturated heterocycles. The first kappa shape index (κ1) is 20.1. The van der Waals surface area contributed by atoms with Crippen molar-refractivity contribution in [3.05, 3.63) is 22.4 Å². The van der Waals surface area contributed by atoms with Crippen LogP contribution in [0.2, 0.25) is 18.1 Å². The van der Waals surface area contributed by atoms with Crippen LogP contribution in [0.4, 0.5) is 4.79 Å². The van der Waals surface area contributed by atoms with E-state index in [-0.39, 0.29) is 18.0 Å². The summed E-state index contributed by atoms with van der Waals surface area (Å²) in [6, 6.07) is 6.45. The summed E-state index contributed by atoms with van der Waals surface area (Å²) in [5.74, 6) is -0.178. The zero-order valence-electron chi connectivity index (χ0n) is 15.9. The fraction of sp³-hybridized carbons (Fsp3) is 0.667. The maximum Gasteiger partial charge on any atom is 0.327 e. The van der Waals surface area contributed by atoms with Gasteiger partial charge < -0.3 is 9.33 Å². The number of β-lactam (4-membered cyclic amide) rings is 1. The Bertz CT molecular complexity index is 577. The number of likely N-dealkylation sites (tertiary alicyclic amines) is 1. The maximum atomic E-state index is 12.9. The monoisotopic (exact) mass is 382 g/mol. The third kappa shape index (κ3) is 3.68. The van der Waals surface area contributed by atoms with Gasteiger partial charge in [-0.15, -0.1) is 11.3 Å². The summed E-state index contributed by atoms with van der Waals surface area (Å²) in [6.45, 7) is 11.5. The van der Waals surface area contributed by atoms with Crippen LogP contribution in [-0.4, -0.2) is 49.2 Å².